The molecule has 2 aliphatic carbocycles. The van der Waals surface area contributed by atoms with Crippen LogP contribution in [0.3, 0.4) is 0 Å². The number of rotatable bonds is 4. The summed E-state index contributed by atoms with van der Waals surface area (Å²) in [6.07, 6.45) is 5.49. The molecule has 0 unspecified atom stereocenters. The highest BCUT2D eigenvalue weighted by Crippen LogP contribution is 2.38. The van der Waals surface area contributed by atoms with Crippen molar-refractivity contribution in [3.63, 3.8) is 0 Å². The van der Waals surface area contributed by atoms with E-state index in [4.69, 9.17) is 10.2 Å². The van der Waals surface area contributed by atoms with E-state index in [1.807, 2.05) is 17.0 Å². The van der Waals surface area contributed by atoms with Crippen LogP contribution < -0.4 is 5.73 Å². The minimum atomic E-state index is -0.560. The van der Waals surface area contributed by atoms with Crippen molar-refractivity contribution in [3.05, 3.63) is 24.2 Å². The van der Waals surface area contributed by atoms with Crippen molar-refractivity contribution in [2.45, 2.75) is 43.8 Å². The van der Waals surface area contributed by atoms with Gasteiger partial charge in [-0.3, -0.25) is 4.79 Å². The van der Waals surface area contributed by atoms with Gasteiger partial charge in [-0.05, 0) is 37.8 Å². The summed E-state index contributed by atoms with van der Waals surface area (Å²) in [7, 11) is 0. The van der Waals surface area contributed by atoms with Crippen LogP contribution in [-0.2, 0) is 11.3 Å². The third-order valence-corrected chi connectivity index (χ3v) is 3.37. The van der Waals surface area contributed by atoms with Gasteiger partial charge in [0.25, 0.3) is 0 Å². The maximum absolute atomic E-state index is 12.2. The van der Waals surface area contributed by atoms with E-state index in [0.717, 1.165) is 31.4 Å². The monoisotopic (exact) mass is 220 g/mol. The molecule has 16 heavy (non-hydrogen) atoms. The zero-order valence-electron chi connectivity index (χ0n) is 9.19. The van der Waals surface area contributed by atoms with Crippen molar-refractivity contribution in [2.75, 3.05) is 0 Å². The van der Waals surface area contributed by atoms with Gasteiger partial charge in [0.2, 0.25) is 5.91 Å². The fourth-order valence-corrected chi connectivity index (χ4v) is 1.96. The predicted octanol–water partition coefficient (Wildman–Crippen LogP) is 1.26. The first-order chi connectivity index (χ1) is 7.69. The van der Waals surface area contributed by atoms with Gasteiger partial charge in [-0.15, -0.1) is 0 Å². The van der Waals surface area contributed by atoms with Crippen molar-refractivity contribution in [1.82, 2.24) is 4.90 Å². The van der Waals surface area contributed by atoms with Gasteiger partial charge in [-0.25, -0.2) is 0 Å². The van der Waals surface area contributed by atoms with E-state index in [9.17, 15) is 4.79 Å². The largest absolute Gasteiger partial charge is 0.467 e. The molecule has 0 atom stereocenters. The van der Waals surface area contributed by atoms with E-state index < -0.39 is 5.54 Å². The standard InChI is InChI=1S/C12H16N2O2/c13-12(5-6-12)11(15)14(9-3-4-9)8-10-2-1-7-16-10/h1-2,7,9H,3-6,8,13H2. The van der Waals surface area contributed by atoms with Gasteiger partial charge in [-0.2, -0.15) is 0 Å². The molecule has 1 aromatic rings. The number of nitrogens with zero attached hydrogens (tertiary/aromatic N) is 1. The van der Waals surface area contributed by atoms with Gasteiger partial charge in [0.05, 0.1) is 18.3 Å². The van der Waals surface area contributed by atoms with Crippen LogP contribution in [-0.4, -0.2) is 22.4 Å². The summed E-state index contributed by atoms with van der Waals surface area (Å²) in [4.78, 5) is 14.1. The molecule has 0 aliphatic heterocycles. The Balaban J connectivity index is 1.74. The Morgan fingerprint density at radius 1 is 1.56 bits per heavy atom. The SMILES string of the molecule is NC1(C(=O)N(Cc2ccco2)C2CC2)CC1. The van der Waals surface area contributed by atoms with Gasteiger partial charge in [-0.1, -0.05) is 0 Å². The molecule has 2 saturated carbocycles. The van der Waals surface area contributed by atoms with Crippen LogP contribution in [0.15, 0.2) is 22.8 Å². The summed E-state index contributed by atoms with van der Waals surface area (Å²) in [5, 5.41) is 0. The molecule has 2 aliphatic rings. The van der Waals surface area contributed by atoms with Gasteiger partial charge in [0.1, 0.15) is 5.76 Å². The third kappa shape index (κ3) is 1.73. The van der Waals surface area contributed by atoms with Crippen molar-refractivity contribution in [2.24, 2.45) is 5.73 Å². The molecule has 3 rings (SSSR count). The molecule has 0 spiro atoms. The van der Waals surface area contributed by atoms with Crippen LogP contribution in [0, 0.1) is 0 Å². The molecule has 2 N–H and O–H groups in total. The van der Waals surface area contributed by atoms with E-state index in [2.05, 4.69) is 0 Å². The smallest absolute Gasteiger partial charge is 0.243 e. The molecule has 1 heterocycles. The normalized spacial score (nSPS) is 21.8. The van der Waals surface area contributed by atoms with Gasteiger partial charge < -0.3 is 15.1 Å². The fourth-order valence-electron chi connectivity index (χ4n) is 1.96. The van der Waals surface area contributed by atoms with Crippen LogP contribution in [0.25, 0.3) is 0 Å². The van der Waals surface area contributed by atoms with Crippen LogP contribution in [0.5, 0.6) is 0 Å². The molecule has 0 saturated heterocycles. The fraction of sp³-hybridized carbons (Fsp3) is 0.583. The summed E-state index contributed by atoms with van der Waals surface area (Å²) in [6, 6.07) is 4.14. The maximum atomic E-state index is 12.2. The first-order valence-corrected chi connectivity index (χ1v) is 5.81. The summed E-state index contributed by atoms with van der Waals surface area (Å²) >= 11 is 0. The minimum Gasteiger partial charge on any atom is -0.467 e. The van der Waals surface area contributed by atoms with Crippen LogP contribution >= 0.6 is 0 Å². The maximum Gasteiger partial charge on any atom is 0.243 e. The van der Waals surface area contributed by atoms with Crippen LogP contribution in [0.1, 0.15) is 31.4 Å². The summed E-state index contributed by atoms with van der Waals surface area (Å²) < 4.78 is 5.29. The molecule has 2 fully saturated rings. The number of carbonyl (C=O) groups excluding carboxylic acids is 1. The topological polar surface area (TPSA) is 59.5 Å². The number of hydrogen-bond donors (Lipinski definition) is 1. The number of amides is 1. The Hall–Kier alpha value is -1.29. The second kappa shape index (κ2) is 3.35. The van der Waals surface area contributed by atoms with Crippen LogP contribution in [0.4, 0.5) is 0 Å². The summed E-state index contributed by atoms with van der Waals surface area (Å²) in [6.45, 7) is 0.565. The van der Waals surface area contributed by atoms with Crippen LogP contribution in [0.2, 0.25) is 0 Å². The van der Waals surface area contributed by atoms with Gasteiger partial charge >= 0.3 is 0 Å². The molecule has 4 nitrogen and oxygen atoms in total. The van der Waals surface area contributed by atoms with Crippen molar-refractivity contribution in [3.8, 4) is 0 Å². The first kappa shape index (κ1) is 9.90. The second-order valence-electron chi connectivity index (χ2n) is 4.90. The Kier molecular flexibility index (Phi) is 2.07. The Bertz CT molecular complexity index is 391. The van der Waals surface area contributed by atoms with Crippen molar-refractivity contribution in [1.29, 1.82) is 0 Å². The zero-order chi connectivity index (χ0) is 11.2. The molecular weight excluding hydrogens is 204 g/mol. The zero-order valence-corrected chi connectivity index (χ0v) is 9.19. The Morgan fingerprint density at radius 2 is 2.31 bits per heavy atom. The van der Waals surface area contributed by atoms with E-state index in [1.54, 1.807) is 6.26 Å². The molecule has 0 aromatic carbocycles. The molecule has 1 aromatic heterocycles. The molecule has 0 bridgehead atoms. The lowest BCUT2D eigenvalue weighted by Gasteiger charge is -2.24. The van der Waals surface area contributed by atoms with Gasteiger partial charge in [0.15, 0.2) is 0 Å². The highest BCUT2D eigenvalue weighted by molar-refractivity contribution is 5.89. The van der Waals surface area contributed by atoms with Crippen molar-refractivity contribution >= 4 is 5.91 Å². The minimum absolute atomic E-state index is 0.103. The van der Waals surface area contributed by atoms with Gasteiger partial charge in [0, 0.05) is 6.04 Å². The number of nitrogens with two attached hydrogens (primary N) is 1. The number of carbonyl (C=O) groups is 1. The first-order valence-electron chi connectivity index (χ1n) is 5.81. The second-order valence-corrected chi connectivity index (χ2v) is 4.90. The lowest BCUT2D eigenvalue weighted by molar-refractivity contribution is -0.135. The van der Waals surface area contributed by atoms with E-state index in [0.29, 0.717) is 12.6 Å². The molecular formula is C12H16N2O2. The molecule has 4 heteroatoms. The number of furan rings is 1. The van der Waals surface area contributed by atoms with E-state index in [-0.39, 0.29) is 5.91 Å². The van der Waals surface area contributed by atoms with E-state index in [1.165, 1.54) is 0 Å². The average Bonchev–Trinajstić information content (AvgIpc) is 3.18. The molecule has 86 valence electrons. The lowest BCUT2D eigenvalue weighted by Crippen LogP contribution is -2.46. The highest BCUT2D eigenvalue weighted by atomic mass is 16.3. The Labute approximate surface area is 94.4 Å². The quantitative estimate of drug-likeness (QED) is 0.831. The molecule has 0 radical (unpaired) electrons. The molecule has 1 amide bonds. The Morgan fingerprint density at radius 3 is 2.81 bits per heavy atom. The average molecular weight is 220 g/mol. The predicted molar refractivity (Wildman–Crippen MR) is 58.4 cm³/mol. The van der Waals surface area contributed by atoms with Crippen molar-refractivity contribution < 1.29 is 9.21 Å². The third-order valence-electron chi connectivity index (χ3n) is 3.37. The summed E-state index contributed by atoms with van der Waals surface area (Å²) in [5.41, 5.74) is 5.40. The number of hydrogen-bond acceptors (Lipinski definition) is 3. The lowest BCUT2D eigenvalue weighted by atomic mass is 10.2. The summed E-state index contributed by atoms with van der Waals surface area (Å²) in [5.74, 6) is 0.941. The van der Waals surface area contributed by atoms with E-state index >= 15 is 0 Å². The highest BCUT2D eigenvalue weighted by Gasteiger charge is 2.50.